The number of nitrogens with two attached hydrogens (primary N) is 5. The number of rotatable bonds is 11. The molecular weight excluding hydrogens is 1690 g/mol. The Morgan fingerprint density at radius 1 is 0.586 bits per heavy atom. The Bertz CT molecular complexity index is 5020. The van der Waals surface area contributed by atoms with E-state index in [9.17, 15) is 33.6 Å². The van der Waals surface area contributed by atoms with Crippen molar-refractivity contribution in [2.75, 3.05) is 32.8 Å². The maximum Gasteiger partial charge on any atom is 1.00 e. The van der Waals surface area contributed by atoms with Gasteiger partial charge in [0.05, 0.1) is 43.4 Å². The molecule has 0 saturated carbocycles. The summed E-state index contributed by atoms with van der Waals surface area (Å²) in [5.41, 5.74) is 32.4. The number of ketones is 1. The number of aryl methyl sites for hydroxylation is 8. The first kappa shape index (κ1) is 98.0. The molecule has 6 aliphatic carbocycles. The maximum atomic E-state index is 12.0. The number of hydrogen-bond acceptors (Lipinski definition) is 26. The van der Waals surface area contributed by atoms with Gasteiger partial charge in [-0.1, -0.05) is 102 Å². The van der Waals surface area contributed by atoms with Gasteiger partial charge in [0.1, 0.15) is 38.4 Å². The van der Waals surface area contributed by atoms with Crippen LogP contribution in [0, 0.1) is 11.3 Å². The number of nitrogens with zero attached hydrogens (tertiary/aromatic N) is 4. The Morgan fingerprint density at radius 2 is 0.910 bits per heavy atom. The number of primary amides is 3. The fourth-order valence-corrected chi connectivity index (χ4v) is 27.4. The van der Waals surface area contributed by atoms with E-state index >= 15 is 0 Å². The quantitative estimate of drug-likeness (QED) is 0.0273. The molecule has 0 unspecified atom stereocenters. The Hall–Kier alpha value is -5.40. The molecule has 0 atom stereocenters. The molecule has 8 aromatic rings. The Kier molecular flexibility index (Phi) is 48.0. The number of ether oxygens (including phenoxy) is 3. The zero-order chi connectivity index (χ0) is 82.0. The van der Waals surface area contributed by atoms with Gasteiger partial charge in [-0.3, -0.25) is 38.4 Å². The van der Waals surface area contributed by atoms with Crippen molar-refractivity contribution in [2.24, 2.45) is 17.2 Å². The molecule has 111 heavy (non-hydrogen) atoms. The van der Waals surface area contributed by atoms with Gasteiger partial charge in [0.15, 0.2) is 5.78 Å². The summed E-state index contributed by atoms with van der Waals surface area (Å²) in [7, 11) is 15.0. The third-order valence-electron chi connectivity index (χ3n) is 15.7. The summed E-state index contributed by atoms with van der Waals surface area (Å²) in [4.78, 5) is 120. The van der Waals surface area contributed by atoms with Crippen molar-refractivity contribution in [3.8, 4) is 6.07 Å². The number of aromatic amines is 3. The predicted molar refractivity (Wildman–Crippen MR) is 466 cm³/mol. The largest absolute Gasteiger partial charge is 1.00 e. The monoisotopic (exact) mass is 1780 g/mol. The number of thiophene rings is 5. The van der Waals surface area contributed by atoms with Gasteiger partial charge in [0.25, 0.3) is 40.9 Å². The first-order valence-electron chi connectivity index (χ1n) is 34.9. The van der Waals surface area contributed by atoms with Crippen LogP contribution in [0.5, 0.6) is 0 Å². The number of nitrogens with one attached hydrogen (secondary N) is 3. The van der Waals surface area contributed by atoms with Crippen molar-refractivity contribution in [3.63, 3.8) is 0 Å². The first-order valence-corrected chi connectivity index (χ1v) is 46.6. The summed E-state index contributed by atoms with van der Waals surface area (Å²) in [6.45, 7) is 5.99. The second-order valence-electron chi connectivity index (χ2n) is 22.5. The van der Waals surface area contributed by atoms with Crippen molar-refractivity contribution in [3.05, 3.63) is 154 Å². The molecule has 13 N–H and O–H groups in total. The standard InChI is InChI=1S/3C12H12N2OS.2C9H10N2OS.C6H14O3.C6H8O.C3H4N2O.CH2O3.CH4.2Na.S8.H/c3*1-2-9-13-11(15)10-7-5-3-4-6-8(7)16-12(10)14-9;2*10-8(12)7-5-3-1-2-4-6(5)13-9(7)11;1-5-6(7-2,8-3)9-4;7-6-4-2-1-3-5-6;4-2-1-3(5)6;2-1-4-3;;;;1-3-5-7-8-6-4-2;/h3*3,5H,2,4,6H2,1H3,(H,13,14,15);2*1,3H,2,4,11H2,(H2,10,12);5H2,1-4H3;2,4H,1,3,5H2;1H2,(H2,5,6);1,3H;1H4;;;;/q;;;;;;;;;;2*+1;;-1/p-1/i1D;;;;;;;;;1D;;;;. The maximum absolute atomic E-state index is 12.0. The zero-order valence-electron chi connectivity index (χ0n) is 65.7. The van der Waals surface area contributed by atoms with Crippen LogP contribution in [0.2, 0.25) is 0 Å². The van der Waals surface area contributed by atoms with E-state index in [4.69, 9.17) is 55.2 Å². The number of nitriles is 1. The van der Waals surface area contributed by atoms with Crippen LogP contribution in [0.1, 0.15) is 194 Å². The van der Waals surface area contributed by atoms with Crippen LogP contribution in [0.15, 0.2) is 56.9 Å². The van der Waals surface area contributed by atoms with Crippen LogP contribution in [-0.2, 0) is 161 Å². The van der Waals surface area contributed by atoms with E-state index in [-0.39, 0.29) is 103 Å². The van der Waals surface area contributed by atoms with Gasteiger partial charge in [0, 0.05) is 184 Å². The second kappa shape index (κ2) is 54.4. The van der Waals surface area contributed by atoms with Crippen molar-refractivity contribution in [2.45, 2.75) is 157 Å². The van der Waals surface area contributed by atoms with Crippen LogP contribution in [0.25, 0.3) is 61.0 Å². The number of amides is 3. The SMILES string of the molecule is CCC(OC)(OC)OC.CCc1nc2sc3c(c2c(=O)[nH]1)C=CCC3.CCc1nc2sc3c(c2c(=O)[nH]1)C=CCC3.N#CCC(N)=O.NC(=O)c1c(N)sc2c1C=CCC2.NC(=O)c1c(N)sc2c1C=CCC2.O=C1C=CCCC1.O=CO[O-].S=S=S=S=S=S=S=S.[2H]C.[2H]CCc1nc2sc3c(c2c(=O)[nH]1)C=CCC3.[H-].[Na+].[Na+]. The Morgan fingerprint density at radius 3 is 1.14 bits per heavy atom. The smallest absolute Gasteiger partial charge is 1.00 e. The van der Waals surface area contributed by atoms with Gasteiger partial charge in [0.2, 0.25) is 5.91 Å². The third-order valence-corrected chi connectivity index (χ3v) is 32.5. The van der Waals surface area contributed by atoms with E-state index in [0.717, 1.165) is 166 Å². The minimum atomic E-state index is -0.833. The Balaban J connectivity index is 0.000000644. The molecule has 590 valence electrons. The molecule has 0 saturated heterocycles. The van der Waals surface area contributed by atoms with E-state index in [1.807, 2.05) is 57.2 Å². The second-order valence-corrected chi connectivity index (χ2v) is 38.6. The average molecular weight is 1780 g/mol. The number of allylic oxidation sites excluding steroid dienone is 7. The average Bonchev–Trinajstić information content (AvgIpc) is 1.65. The molecule has 14 rings (SSSR count). The normalized spacial score (nSPS) is 12.9. The topological polar surface area (TPSA) is 436 Å². The van der Waals surface area contributed by atoms with Gasteiger partial charge in [-0.25, -0.2) is 15.0 Å². The van der Waals surface area contributed by atoms with E-state index in [2.05, 4.69) is 93.3 Å². The van der Waals surface area contributed by atoms with Gasteiger partial charge in [-0.15, -0.1) is 56.7 Å². The van der Waals surface area contributed by atoms with Crippen molar-refractivity contribution < 1.29 is 112 Å². The number of carbonyl (C=O) groups excluding carboxylic acids is 5. The van der Waals surface area contributed by atoms with E-state index in [1.54, 1.807) is 103 Å². The van der Waals surface area contributed by atoms with Crippen LogP contribution in [0.4, 0.5) is 10.0 Å². The molecule has 0 spiro atoms. The fourth-order valence-electron chi connectivity index (χ4n) is 10.7. The predicted octanol–water partition coefficient (Wildman–Crippen LogP) is 5.14. The molecule has 25 nitrogen and oxygen atoms in total. The molecule has 8 aromatic heterocycles. The molecule has 0 bridgehead atoms. The number of fused-ring (bicyclic) bond motifs is 11. The summed E-state index contributed by atoms with van der Waals surface area (Å²) in [5.74, 6) is 0.201. The van der Waals surface area contributed by atoms with Gasteiger partial charge in [-0.2, -0.15) is 5.26 Å². The van der Waals surface area contributed by atoms with Crippen LogP contribution in [0.3, 0.4) is 0 Å². The number of nitrogen functional groups attached to an aromatic ring is 2. The van der Waals surface area contributed by atoms with Crippen molar-refractivity contribution >= 4 is 233 Å². The Labute approximate surface area is 738 Å². The summed E-state index contributed by atoms with van der Waals surface area (Å²) in [6, 6.07) is 1.59. The van der Waals surface area contributed by atoms with Gasteiger partial charge >= 0.3 is 59.1 Å². The van der Waals surface area contributed by atoms with Crippen LogP contribution in [-0.4, -0.2) is 87.2 Å². The third kappa shape index (κ3) is 31.0. The number of hydrogen-bond donors (Lipinski definition) is 8. The van der Waals surface area contributed by atoms with Gasteiger partial charge in [-0.05, 0) is 83.1 Å². The number of methoxy groups -OCH3 is 3. The van der Waals surface area contributed by atoms with Gasteiger partial charge < -0.3 is 69.4 Å². The molecule has 3 amide bonds. The summed E-state index contributed by atoms with van der Waals surface area (Å²) < 4.78 is 27.8. The number of aromatic nitrogens is 6. The zero-order valence-corrected chi connectivity index (χ0v) is 77.3. The number of H-pyrrole nitrogens is 3. The minimum Gasteiger partial charge on any atom is -1.00 e. The molecule has 0 fully saturated rings. The molecular formula is C71H88N12Na2O13S13. The van der Waals surface area contributed by atoms with E-state index in [1.165, 1.54) is 72.2 Å². The summed E-state index contributed by atoms with van der Waals surface area (Å²) in [6.07, 6.45) is 39.7. The van der Waals surface area contributed by atoms with Crippen molar-refractivity contribution in [1.29, 1.82) is 5.26 Å². The first-order chi connectivity index (χ1) is 53.5. The molecule has 0 aromatic carbocycles. The summed E-state index contributed by atoms with van der Waals surface area (Å²) in [5, 5.41) is 19.5. The molecule has 0 aliphatic heterocycles. The summed E-state index contributed by atoms with van der Waals surface area (Å²) >= 11 is 17.1. The number of anilines is 2. The van der Waals surface area contributed by atoms with E-state index < -0.39 is 23.7 Å². The molecule has 40 heteroatoms. The molecule has 8 heterocycles. The van der Waals surface area contributed by atoms with Crippen molar-refractivity contribution in [1.82, 2.24) is 29.9 Å². The fraction of sp³-hybridized carbons (Fsp3) is 0.380. The van der Waals surface area contributed by atoms with Crippen LogP contribution < -0.4 is 110 Å². The molecule has 6 aliphatic rings. The number of carbonyl (C=O) groups is 5. The minimum absolute atomic E-state index is 0. The van der Waals surface area contributed by atoms with E-state index in [0.29, 0.717) is 39.8 Å². The van der Waals surface area contributed by atoms with Crippen LogP contribution >= 0.6 is 56.7 Å². The molecule has 0 radical (unpaired) electrons.